The van der Waals surface area contributed by atoms with E-state index in [0.29, 0.717) is 0 Å². The minimum atomic E-state index is -0.0683. The highest BCUT2D eigenvalue weighted by Gasteiger charge is 1.99. The molecule has 0 aliphatic rings. The van der Waals surface area contributed by atoms with E-state index in [-0.39, 0.29) is 11.5 Å². The maximum absolute atomic E-state index is 9.13. The first-order chi connectivity index (χ1) is 5.74. The van der Waals surface area contributed by atoms with Gasteiger partial charge in [0.2, 0.25) is 0 Å². The smallest absolute Gasteiger partial charge is 0.157 e. The van der Waals surface area contributed by atoms with Crippen LogP contribution in [0.3, 0.4) is 0 Å². The van der Waals surface area contributed by atoms with Crippen molar-refractivity contribution in [2.45, 2.75) is 6.42 Å². The summed E-state index contributed by atoms with van der Waals surface area (Å²) in [5.74, 6) is -0.123. The molecule has 3 N–H and O–H groups in total. The Kier molecular flexibility index (Phi) is 3.61. The Morgan fingerprint density at radius 2 is 2.00 bits per heavy atom. The third-order valence-corrected chi connectivity index (χ3v) is 2.09. The van der Waals surface area contributed by atoms with E-state index >= 15 is 0 Å². The van der Waals surface area contributed by atoms with Gasteiger partial charge in [0, 0.05) is 29.4 Å². The van der Waals surface area contributed by atoms with Gasteiger partial charge in [-0.15, -0.1) is 0 Å². The molecule has 0 radical (unpaired) electrons. The summed E-state index contributed by atoms with van der Waals surface area (Å²) in [6, 6.07) is 4.87. The Morgan fingerprint density at radius 3 is 2.58 bits per heavy atom. The van der Waals surface area contributed by atoms with Crippen LogP contribution in [0.25, 0.3) is 0 Å². The van der Waals surface area contributed by atoms with Gasteiger partial charge in [-0.25, -0.2) is 0 Å². The van der Waals surface area contributed by atoms with Crippen LogP contribution >= 0.6 is 22.9 Å². The quantitative estimate of drug-likeness (QED) is 0.447. The molecule has 0 saturated heterocycles. The second-order valence-electron chi connectivity index (χ2n) is 2.46. The third kappa shape index (κ3) is 2.53. The van der Waals surface area contributed by atoms with Gasteiger partial charge in [0.25, 0.3) is 0 Å². The maximum atomic E-state index is 9.13. The van der Waals surface area contributed by atoms with Crippen LogP contribution in [0.4, 0.5) is 0 Å². The molecule has 0 heterocycles. The van der Waals surface area contributed by atoms with Crippen molar-refractivity contribution in [3.8, 4) is 11.5 Å². The van der Waals surface area contributed by atoms with Crippen LogP contribution in [0.2, 0.25) is 0 Å². The molecule has 0 aromatic heterocycles. The fraction of sp³-hybridized carbons (Fsp3) is 0.250. The zero-order chi connectivity index (χ0) is 8.97. The SMILES string of the molecule is Oc1ccc(CCNI)cc1O. The summed E-state index contributed by atoms with van der Waals surface area (Å²) >= 11 is 2.07. The second kappa shape index (κ2) is 4.51. The number of halogens is 1. The summed E-state index contributed by atoms with van der Waals surface area (Å²) < 4.78 is 2.98. The molecule has 0 amide bonds. The first-order valence-corrected chi connectivity index (χ1v) is 4.66. The van der Waals surface area contributed by atoms with E-state index in [4.69, 9.17) is 10.2 Å². The number of phenolic OH excluding ortho intramolecular Hbond substituents is 2. The van der Waals surface area contributed by atoms with Crippen molar-refractivity contribution in [2.75, 3.05) is 6.54 Å². The van der Waals surface area contributed by atoms with Crippen molar-refractivity contribution < 1.29 is 10.2 Å². The molecule has 4 heteroatoms. The normalized spacial score (nSPS) is 10.1. The molecule has 0 bridgehead atoms. The van der Waals surface area contributed by atoms with Gasteiger partial charge in [-0.3, -0.25) is 3.53 Å². The van der Waals surface area contributed by atoms with Gasteiger partial charge >= 0.3 is 0 Å². The standard InChI is InChI=1S/C8H10INO2/c9-10-4-3-6-1-2-7(11)8(12)5-6/h1-2,5,10-12H,3-4H2. The number of hydrogen-bond acceptors (Lipinski definition) is 3. The summed E-state index contributed by atoms with van der Waals surface area (Å²) in [6.07, 6.45) is 0.844. The van der Waals surface area contributed by atoms with E-state index in [0.717, 1.165) is 18.5 Å². The molecule has 12 heavy (non-hydrogen) atoms. The van der Waals surface area contributed by atoms with Crippen molar-refractivity contribution >= 4 is 22.9 Å². The van der Waals surface area contributed by atoms with E-state index in [9.17, 15) is 0 Å². The molecule has 0 saturated carbocycles. The molecule has 0 aliphatic carbocycles. The fourth-order valence-electron chi connectivity index (χ4n) is 0.916. The zero-order valence-corrected chi connectivity index (χ0v) is 8.58. The first-order valence-electron chi connectivity index (χ1n) is 3.58. The van der Waals surface area contributed by atoms with Crippen molar-refractivity contribution in [3.05, 3.63) is 23.8 Å². The van der Waals surface area contributed by atoms with Crippen LogP contribution in [0, 0.1) is 0 Å². The van der Waals surface area contributed by atoms with Crippen molar-refractivity contribution in [3.63, 3.8) is 0 Å². The molecule has 1 aromatic rings. The molecule has 0 fully saturated rings. The molecule has 0 unspecified atom stereocenters. The second-order valence-corrected chi connectivity index (χ2v) is 3.22. The van der Waals surface area contributed by atoms with Crippen LogP contribution in [0.1, 0.15) is 5.56 Å². The Morgan fingerprint density at radius 1 is 1.25 bits per heavy atom. The molecular formula is C8H10INO2. The van der Waals surface area contributed by atoms with Crippen LogP contribution in [-0.4, -0.2) is 16.8 Å². The largest absolute Gasteiger partial charge is 0.504 e. The average Bonchev–Trinajstić information content (AvgIpc) is 2.07. The van der Waals surface area contributed by atoms with Crippen molar-refractivity contribution in [2.24, 2.45) is 0 Å². The monoisotopic (exact) mass is 279 g/mol. The van der Waals surface area contributed by atoms with Gasteiger partial charge in [0.1, 0.15) is 0 Å². The fourth-order valence-corrected chi connectivity index (χ4v) is 1.19. The van der Waals surface area contributed by atoms with Gasteiger partial charge in [-0.1, -0.05) is 6.07 Å². The molecule has 1 rings (SSSR count). The van der Waals surface area contributed by atoms with Crippen LogP contribution in [-0.2, 0) is 6.42 Å². The Balaban J connectivity index is 2.69. The zero-order valence-electron chi connectivity index (χ0n) is 6.42. The lowest BCUT2D eigenvalue weighted by molar-refractivity contribution is 0.403. The number of phenols is 2. The van der Waals surface area contributed by atoms with E-state index in [2.05, 4.69) is 26.4 Å². The van der Waals surface area contributed by atoms with E-state index in [1.807, 2.05) is 0 Å². The minimum Gasteiger partial charge on any atom is -0.504 e. The van der Waals surface area contributed by atoms with Gasteiger partial charge in [-0.2, -0.15) is 0 Å². The summed E-state index contributed by atoms with van der Waals surface area (Å²) in [7, 11) is 0. The minimum absolute atomic E-state index is 0.0547. The highest BCUT2D eigenvalue weighted by atomic mass is 127. The summed E-state index contributed by atoms with van der Waals surface area (Å²) in [5, 5.41) is 18.1. The number of aromatic hydroxyl groups is 2. The summed E-state index contributed by atoms with van der Waals surface area (Å²) in [5.41, 5.74) is 1.01. The van der Waals surface area contributed by atoms with Crippen LogP contribution in [0.5, 0.6) is 11.5 Å². The summed E-state index contributed by atoms with van der Waals surface area (Å²) in [4.78, 5) is 0. The lowest BCUT2D eigenvalue weighted by Crippen LogP contribution is -2.03. The lowest BCUT2D eigenvalue weighted by atomic mass is 10.1. The molecule has 0 aliphatic heterocycles. The molecule has 3 nitrogen and oxygen atoms in total. The van der Waals surface area contributed by atoms with E-state index in [1.165, 1.54) is 6.07 Å². The average molecular weight is 279 g/mol. The number of rotatable bonds is 3. The number of nitrogens with one attached hydrogen (secondary N) is 1. The summed E-state index contributed by atoms with van der Waals surface area (Å²) in [6.45, 7) is 0.852. The predicted octanol–water partition coefficient (Wildman–Crippen LogP) is 1.58. The van der Waals surface area contributed by atoms with Gasteiger partial charge < -0.3 is 10.2 Å². The van der Waals surface area contributed by atoms with Crippen molar-refractivity contribution in [1.29, 1.82) is 0 Å². The number of hydrogen-bond donors (Lipinski definition) is 3. The third-order valence-electron chi connectivity index (χ3n) is 1.55. The highest BCUT2D eigenvalue weighted by Crippen LogP contribution is 2.24. The van der Waals surface area contributed by atoms with Crippen LogP contribution < -0.4 is 3.53 Å². The molecule has 0 atom stereocenters. The van der Waals surface area contributed by atoms with Crippen molar-refractivity contribution in [1.82, 2.24) is 3.53 Å². The molecule has 66 valence electrons. The van der Waals surface area contributed by atoms with E-state index in [1.54, 1.807) is 12.1 Å². The van der Waals surface area contributed by atoms with Gasteiger partial charge in [0.05, 0.1) is 0 Å². The Hall–Kier alpha value is -0.490. The number of benzene rings is 1. The lowest BCUT2D eigenvalue weighted by Gasteiger charge is -2.01. The topological polar surface area (TPSA) is 52.5 Å². The van der Waals surface area contributed by atoms with Gasteiger partial charge in [0.15, 0.2) is 11.5 Å². The van der Waals surface area contributed by atoms with Gasteiger partial charge in [-0.05, 0) is 24.1 Å². The maximum Gasteiger partial charge on any atom is 0.157 e. The Labute approximate surface area is 84.9 Å². The highest BCUT2D eigenvalue weighted by molar-refractivity contribution is 14.1. The first kappa shape index (κ1) is 9.60. The van der Waals surface area contributed by atoms with Crippen LogP contribution in [0.15, 0.2) is 18.2 Å². The predicted molar refractivity (Wildman–Crippen MR) is 55.5 cm³/mol. The Bertz CT molecular complexity index is 265. The molecule has 1 aromatic carbocycles. The van der Waals surface area contributed by atoms with E-state index < -0.39 is 0 Å². The molecular weight excluding hydrogens is 269 g/mol. The molecule has 0 spiro atoms.